The third kappa shape index (κ3) is 5.02. The lowest BCUT2D eigenvalue weighted by Gasteiger charge is -2.33. The Hall–Kier alpha value is -3.58. The summed E-state index contributed by atoms with van der Waals surface area (Å²) in [7, 11) is -0.605. The van der Waals surface area contributed by atoms with Crippen molar-refractivity contribution >= 4 is 15.9 Å². The third-order valence-corrected chi connectivity index (χ3v) is 7.95. The largest absolute Gasteiger partial charge is 0.493 e. The van der Waals surface area contributed by atoms with Gasteiger partial charge in [0.25, 0.3) is 5.91 Å². The van der Waals surface area contributed by atoms with Crippen LogP contribution in [0.5, 0.6) is 17.2 Å². The number of ether oxygens (including phenoxy) is 3. The molecule has 0 N–H and O–H groups in total. The lowest BCUT2D eigenvalue weighted by atomic mass is 10.3. The molecule has 194 valence electrons. The summed E-state index contributed by atoms with van der Waals surface area (Å²) < 4.78 is 47.2. The van der Waals surface area contributed by atoms with E-state index < -0.39 is 10.0 Å². The highest BCUT2D eigenvalue weighted by Gasteiger charge is 2.33. The predicted molar refractivity (Wildman–Crippen MR) is 130 cm³/mol. The van der Waals surface area contributed by atoms with E-state index >= 15 is 0 Å². The third-order valence-electron chi connectivity index (χ3n) is 5.95. The van der Waals surface area contributed by atoms with Gasteiger partial charge in [-0.3, -0.25) is 9.48 Å². The van der Waals surface area contributed by atoms with Gasteiger partial charge >= 0.3 is 0 Å². The van der Waals surface area contributed by atoms with Crippen LogP contribution in [0.3, 0.4) is 0 Å². The predicted octanol–water partition coefficient (Wildman–Crippen LogP) is 1.61. The summed E-state index contributed by atoms with van der Waals surface area (Å²) in [4.78, 5) is 14.8. The normalized spacial score (nSPS) is 14.6. The molecule has 36 heavy (non-hydrogen) atoms. The average Bonchev–Trinajstić information content (AvgIpc) is 3.53. The monoisotopic (exact) mass is 518 g/mol. The molecule has 1 fully saturated rings. The Kier molecular flexibility index (Phi) is 7.50. The summed E-state index contributed by atoms with van der Waals surface area (Å²) >= 11 is 0. The number of benzene rings is 1. The Morgan fingerprint density at radius 2 is 1.67 bits per heavy atom. The summed E-state index contributed by atoms with van der Waals surface area (Å²) in [6.45, 7) is 5.13. The Morgan fingerprint density at radius 1 is 1.00 bits per heavy atom. The van der Waals surface area contributed by atoms with Crippen LogP contribution in [-0.2, 0) is 23.3 Å². The van der Waals surface area contributed by atoms with Crippen molar-refractivity contribution in [2.45, 2.75) is 32.0 Å². The Bertz CT molecular complexity index is 1300. The highest BCUT2D eigenvalue weighted by molar-refractivity contribution is 7.89. The first-order chi connectivity index (χ1) is 17.3. The number of piperazine rings is 1. The number of amides is 1. The molecule has 1 aromatic carbocycles. The van der Waals surface area contributed by atoms with Crippen molar-refractivity contribution < 1.29 is 27.4 Å². The van der Waals surface area contributed by atoms with E-state index in [1.54, 1.807) is 53.2 Å². The van der Waals surface area contributed by atoms with Crippen molar-refractivity contribution in [3.05, 3.63) is 48.0 Å². The smallest absolute Gasteiger partial charge is 0.274 e. The highest BCUT2D eigenvalue weighted by Crippen LogP contribution is 2.36. The van der Waals surface area contributed by atoms with Crippen molar-refractivity contribution in [3.63, 3.8) is 0 Å². The number of nitrogens with zero attached hydrogens (tertiary/aromatic N) is 6. The molecule has 0 atom stereocenters. The van der Waals surface area contributed by atoms with Gasteiger partial charge in [0.05, 0.1) is 19.9 Å². The molecule has 0 spiro atoms. The molecular weight excluding hydrogens is 488 g/mol. The van der Waals surface area contributed by atoms with Gasteiger partial charge in [-0.2, -0.15) is 14.5 Å². The molecule has 12 nitrogen and oxygen atoms in total. The van der Waals surface area contributed by atoms with Crippen LogP contribution in [0.1, 0.15) is 23.1 Å². The van der Waals surface area contributed by atoms with Crippen LogP contribution in [0.15, 0.2) is 41.6 Å². The molecule has 1 aliphatic rings. The van der Waals surface area contributed by atoms with Crippen LogP contribution < -0.4 is 14.2 Å². The van der Waals surface area contributed by atoms with E-state index in [0.29, 0.717) is 29.5 Å². The van der Waals surface area contributed by atoms with Crippen LogP contribution in [0.2, 0.25) is 0 Å². The van der Waals surface area contributed by atoms with E-state index in [2.05, 4.69) is 10.2 Å². The van der Waals surface area contributed by atoms with Crippen LogP contribution in [0.25, 0.3) is 0 Å². The molecule has 3 aromatic rings. The molecule has 13 heteroatoms. The molecule has 4 rings (SSSR count). The number of hydrogen-bond acceptors (Lipinski definition) is 8. The summed E-state index contributed by atoms with van der Waals surface area (Å²) in [6.07, 6.45) is 3.20. The maximum atomic E-state index is 13.1. The first-order valence-electron chi connectivity index (χ1n) is 11.5. The van der Waals surface area contributed by atoms with Gasteiger partial charge in [0.1, 0.15) is 4.90 Å². The Balaban J connectivity index is 1.37. The Morgan fingerprint density at radius 3 is 2.25 bits per heavy atom. The van der Waals surface area contributed by atoms with E-state index in [4.69, 9.17) is 14.2 Å². The molecule has 1 saturated heterocycles. The second-order valence-electron chi connectivity index (χ2n) is 8.14. The summed E-state index contributed by atoms with van der Waals surface area (Å²) in [5.74, 6) is 1.20. The SMILES string of the molecule is CCn1cc(S(=O)(=O)N2CCN(C(=O)c3ccn(COc4c(OC)cccc4OC)n3)CC2)c(C)n1. The second kappa shape index (κ2) is 10.6. The number of hydrogen-bond donors (Lipinski definition) is 0. The van der Waals surface area contributed by atoms with Gasteiger partial charge in [-0.1, -0.05) is 6.07 Å². The van der Waals surface area contributed by atoms with E-state index in [0.717, 1.165) is 0 Å². The van der Waals surface area contributed by atoms with Gasteiger partial charge in [-0.05, 0) is 32.0 Å². The van der Waals surface area contributed by atoms with Crippen molar-refractivity contribution in [1.82, 2.24) is 28.8 Å². The fraction of sp³-hybridized carbons (Fsp3) is 0.435. The van der Waals surface area contributed by atoms with E-state index in [1.807, 2.05) is 6.92 Å². The molecule has 1 amide bonds. The number of aryl methyl sites for hydroxylation is 2. The number of rotatable bonds is 9. The van der Waals surface area contributed by atoms with Crippen molar-refractivity contribution in [1.29, 1.82) is 0 Å². The summed E-state index contributed by atoms with van der Waals surface area (Å²) in [5.41, 5.74) is 0.718. The maximum Gasteiger partial charge on any atom is 0.274 e. The van der Waals surface area contributed by atoms with Gasteiger partial charge in [-0.15, -0.1) is 0 Å². The number of sulfonamides is 1. The van der Waals surface area contributed by atoms with E-state index in [1.165, 1.54) is 23.2 Å². The molecular formula is C23H30N6O6S. The number of carbonyl (C=O) groups excluding carboxylic acids is 1. The fourth-order valence-electron chi connectivity index (χ4n) is 3.99. The van der Waals surface area contributed by atoms with E-state index in [-0.39, 0.29) is 49.4 Å². The minimum atomic E-state index is -3.68. The second-order valence-corrected chi connectivity index (χ2v) is 10.0. The number of methoxy groups -OCH3 is 2. The van der Waals surface area contributed by atoms with Crippen molar-refractivity contribution in [2.75, 3.05) is 40.4 Å². The van der Waals surface area contributed by atoms with E-state index in [9.17, 15) is 13.2 Å². The topological polar surface area (TPSA) is 121 Å². The fourth-order valence-corrected chi connectivity index (χ4v) is 5.58. The zero-order valence-corrected chi connectivity index (χ0v) is 21.6. The van der Waals surface area contributed by atoms with Crippen LogP contribution in [-0.4, -0.2) is 83.5 Å². The van der Waals surface area contributed by atoms with Crippen LogP contribution in [0.4, 0.5) is 0 Å². The molecule has 2 aromatic heterocycles. The van der Waals surface area contributed by atoms with Crippen molar-refractivity contribution in [3.8, 4) is 17.2 Å². The number of aromatic nitrogens is 4. The first kappa shape index (κ1) is 25.5. The quantitative estimate of drug-likeness (QED) is 0.419. The summed E-state index contributed by atoms with van der Waals surface area (Å²) in [6, 6.07) is 6.91. The zero-order chi connectivity index (χ0) is 25.9. The molecule has 0 saturated carbocycles. The highest BCUT2D eigenvalue weighted by atomic mass is 32.2. The molecule has 3 heterocycles. The maximum absolute atomic E-state index is 13.1. The standard InChI is InChI=1S/C23H30N6O6S/c1-5-27-15-21(17(2)24-27)36(31,32)29-13-11-26(12-14-29)23(30)18-9-10-28(25-18)16-35-22-19(33-3)7-6-8-20(22)34-4/h6-10,15H,5,11-14,16H2,1-4H3. The van der Waals surface area contributed by atoms with Gasteiger partial charge in [0, 0.05) is 45.1 Å². The zero-order valence-electron chi connectivity index (χ0n) is 20.7. The van der Waals surface area contributed by atoms with Gasteiger partial charge in [-0.25, -0.2) is 13.1 Å². The lowest BCUT2D eigenvalue weighted by molar-refractivity contribution is 0.0689. The average molecular weight is 519 g/mol. The molecule has 1 aliphatic heterocycles. The molecule has 0 aliphatic carbocycles. The first-order valence-corrected chi connectivity index (χ1v) is 12.9. The number of carbonyl (C=O) groups is 1. The lowest BCUT2D eigenvalue weighted by Crippen LogP contribution is -2.50. The minimum absolute atomic E-state index is 0.0425. The van der Waals surface area contributed by atoms with Gasteiger partial charge in [0.2, 0.25) is 15.8 Å². The number of para-hydroxylation sites is 1. The molecule has 0 unspecified atom stereocenters. The Labute approximate surface area is 210 Å². The van der Waals surface area contributed by atoms with Crippen LogP contribution in [0, 0.1) is 6.92 Å². The van der Waals surface area contributed by atoms with Gasteiger partial charge in [0.15, 0.2) is 23.9 Å². The summed E-state index contributed by atoms with van der Waals surface area (Å²) in [5, 5.41) is 8.57. The van der Waals surface area contributed by atoms with Crippen LogP contribution >= 0.6 is 0 Å². The van der Waals surface area contributed by atoms with Gasteiger partial charge < -0.3 is 19.1 Å². The minimum Gasteiger partial charge on any atom is -0.493 e. The van der Waals surface area contributed by atoms with Crippen molar-refractivity contribution in [2.24, 2.45) is 0 Å². The molecule has 0 radical (unpaired) electrons. The molecule has 0 bridgehead atoms.